The van der Waals surface area contributed by atoms with Crippen molar-refractivity contribution >= 4 is 49.7 Å². The van der Waals surface area contributed by atoms with Crippen LogP contribution in [0.3, 0.4) is 0 Å². The van der Waals surface area contributed by atoms with Gasteiger partial charge in [0.25, 0.3) is 10.0 Å². The lowest BCUT2D eigenvalue weighted by Gasteiger charge is -2.11. The summed E-state index contributed by atoms with van der Waals surface area (Å²) in [7, 11) is -5.01. The zero-order valence-electron chi connectivity index (χ0n) is 14.4. The number of benzene rings is 2. The van der Waals surface area contributed by atoms with Crippen molar-refractivity contribution in [3.05, 3.63) is 71.0 Å². The maximum Gasteiger partial charge on any atom is 0.261 e. The molecule has 0 aliphatic heterocycles. The van der Waals surface area contributed by atoms with Gasteiger partial charge in [0.05, 0.1) is 26.8 Å². The maximum atomic E-state index is 12.5. The van der Waals surface area contributed by atoms with Gasteiger partial charge in [-0.25, -0.2) is 8.42 Å². The van der Waals surface area contributed by atoms with E-state index >= 15 is 0 Å². The molecule has 1 N–H and O–H groups in total. The van der Waals surface area contributed by atoms with Gasteiger partial charge >= 0.3 is 0 Å². The van der Waals surface area contributed by atoms with Gasteiger partial charge in [0.15, 0.2) is 0 Å². The monoisotopic (exact) mass is 456 g/mol. The van der Waals surface area contributed by atoms with Crippen LogP contribution in [0.5, 0.6) is 11.5 Å². The van der Waals surface area contributed by atoms with Crippen molar-refractivity contribution in [1.29, 1.82) is 0 Å². The van der Waals surface area contributed by atoms with E-state index in [0.717, 1.165) is 0 Å². The predicted molar refractivity (Wildman–Crippen MR) is 110 cm³/mol. The number of nitrogens with zero attached hydrogens (tertiary/aromatic N) is 1. The number of ether oxygens (including phenoxy) is 1. The number of hydrogen-bond acceptors (Lipinski definition) is 5. The number of pyridine rings is 1. The second kappa shape index (κ2) is 8.48. The van der Waals surface area contributed by atoms with Gasteiger partial charge in [-0.1, -0.05) is 23.2 Å². The van der Waals surface area contributed by atoms with Crippen molar-refractivity contribution in [2.45, 2.75) is 9.79 Å². The number of sulfonamides is 1. The van der Waals surface area contributed by atoms with Gasteiger partial charge < -0.3 is 4.74 Å². The first-order valence-corrected chi connectivity index (χ1v) is 11.6. The molecule has 3 rings (SSSR count). The summed E-state index contributed by atoms with van der Waals surface area (Å²) >= 11 is 12.1. The zero-order valence-corrected chi connectivity index (χ0v) is 17.6. The van der Waals surface area contributed by atoms with E-state index in [2.05, 4.69) is 9.71 Å². The van der Waals surface area contributed by atoms with Gasteiger partial charge in [-0.3, -0.25) is 13.9 Å². The van der Waals surface area contributed by atoms with Crippen molar-refractivity contribution in [2.75, 3.05) is 11.0 Å². The van der Waals surface area contributed by atoms with Crippen LogP contribution in [0.4, 0.5) is 5.69 Å². The van der Waals surface area contributed by atoms with Crippen LogP contribution in [0.1, 0.15) is 0 Å². The van der Waals surface area contributed by atoms with E-state index < -0.39 is 20.8 Å². The molecule has 0 radical (unpaired) electrons. The standard InChI is InChI=1S/C18H14Cl2N2O4S2/c1-27(23)15-3-5-16(6-4-15)28(24,25)22-13-2-7-18(17(20)9-13)26-14-8-12(19)10-21-11-14/h2-11,22H,1H3. The van der Waals surface area contributed by atoms with Gasteiger partial charge in [-0.2, -0.15) is 0 Å². The molecule has 0 aliphatic rings. The SMILES string of the molecule is CS(=O)c1ccc(S(=O)(=O)Nc2ccc(Oc3cncc(Cl)c3)c(Cl)c2)cc1. The average Bonchev–Trinajstić information content (AvgIpc) is 2.64. The van der Waals surface area contributed by atoms with Crippen molar-refractivity contribution in [3.8, 4) is 11.5 Å². The maximum absolute atomic E-state index is 12.5. The Labute approximate surface area is 175 Å². The Morgan fingerprint density at radius 3 is 2.36 bits per heavy atom. The lowest BCUT2D eigenvalue weighted by atomic mass is 10.3. The Balaban J connectivity index is 1.78. The van der Waals surface area contributed by atoms with Crippen LogP contribution in [0.2, 0.25) is 10.0 Å². The quantitative estimate of drug-likeness (QED) is 0.579. The lowest BCUT2D eigenvalue weighted by Crippen LogP contribution is -2.13. The largest absolute Gasteiger partial charge is 0.454 e. The Morgan fingerprint density at radius 1 is 1.04 bits per heavy atom. The molecule has 28 heavy (non-hydrogen) atoms. The van der Waals surface area contributed by atoms with Crippen molar-refractivity contribution in [3.63, 3.8) is 0 Å². The predicted octanol–water partition coefficient (Wildman–Crippen LogP) is 4.72. The number of rotatable bonds is 6. The average molecular weight is 457 g/mol. The minimum atomic E-state index is -3.83. The number of aromatic nitrogens is 1. The summed E-state index contributed by atoms with van der Waals surface area (Å²) < 4.78 is 44.5. The molecule has 0 saturated carbocycles. The fourth-order valence-electron chi connectivity index (χ4n) is 2.25. The molecule has 1 atom stereocenters. The third-order valence-corrected chi connectivity index (χ3v) is 6.39. The second-order valence-corrected chi connectivity index (χ2v) is 9.52. The van der Waals surface area contributed by atoms with E-state index in [-0.39, 0.29) is 15.6 Å². The molecule has 1 aromatic heterocycles. The molecule has 0 saturated heterocycles. The van der Waals surface area contributed by atoms with Crippen LogP contribution in [-0.2, 0) is 20.8 Å². The summed E-state index contributed by atoms with van der Waals surface area (Å²) in [6.45, 7) is 0. The molecule has 146 valence electrons. The Hall–Kier alpha value is -2.13. The molecule has 0 amide bonds. The Bertz CT molecular complexity index is 1140. The van der Waals surface area contributed by atoms with Crippen molar-refractivity contribution in [2.24, 2.45) is 0 Å². The highest BCUT2D eigenvalue weighted by atomic mass is 35.5. The molecule has 1 unspecified atom stereocenters. The van der Waals surface area contributed by atoms with Crippen LogP contribution < -0.4 is 9.46 Å². The summed E-state index contributed by atoms with van der Waals surface area (Å²) in [5.41, 5.74) is 0.268. The van der Waals surface area contributed by atoms with Gasteiger partial charge in [0, 0.05) is 34.2 Å². The topological polar surface area (TPSA) is 85.4 Å². The van der Waals surface area contributed by atoms with E-state index in [0.29, 0.717) is 21.4 Å². The van der Waals surface area contributed by atoms with E-state index in [4.69, 9.17) is 27.9 Å². The van der Waals surface area contributed by atoms with Crippen LogP contribution in [0.15, 0.2) is 70.7 Å². The van der Waals surface area contributed by atoms with Gasteiger partial charge in [0.2, 0.25) is 0 Å². The van der Waals surface area contributed by atoms with E-state index in [1.807, 2.05) is 0 Å². The van der Waals surface area contributed by atoms with Crippen molar-refractivity contribution in [1.82, 2.24) is 4.98 Å². The highest BCUT2D eigenvalue weighted by Gasteiger charge is 2.16. The molecule has 0 fully saturated rings. The fraction of sp³-hybridized carbons (Fsp3) is 0.0556. The molecule has 0 spiro atoms. The van der Waals surface area contributed by atoms with Crippen molar-refractivity contribution < 1.29 is 17.4 Å². The molecule has 10 heteroatoms. The zero-order chi connectivity index (χ0) is 20.3. The molecular formula is C18H14Cl2N2O4S2. The first kappa shape index (κ1) is 20.6. The summed E-state index contributed by atoms with van der Waals surface area (Å²) in [5, 5.41) is 0.618. The van der Waals surface area contributed by atoms with Gasteiger partial charge in [-0.05, 0) is 42.5 Å². The minimum absolute atomic E-state index is 0.0446. The molecule has 2 aromatic carbocycles. The fourth-order valence-corrected chi connectivity index (χ4v) is 4.20. The number of halogens is 2. The first-order chi connectivity index (χ1) is 13.2. The van der Waals surface area contributed by atoms with Crippen LogP contribution in [0.25, 0.3) is 0 Å². The van der Waals surface area contributed by atoms with Gasteiger partial charge in [0.1, 0.15) is 11.5 Å². The first-order valence-electron chi connectivity index (χ1n) is 7.79. The van der Waals surface area contributed by atoms with E-state index in [9.17, 15) is 12.6 Å². The summed E-state index contributed by atoms with van der Waals surface area (Å²) in [5.74, 6) is 0.722. The number of anilines is 1. The van der Waals surface area contributed by atoms with Crippen LogP contribution in [0, 0.1) is 0 Å². The molecule has 0 aliphatic carbocycles. The highest BCUT2D eigenvalue weighted by molar-refractivity contribution is 7.92. The number of nitrogens with one attached hydrogen (secondary N) is 1. The van der Waals surface area contributed by atoms with Gasteiger partial charge in [-0.15, -0.1) is 0 Å². The highest BCUT2D eigenvalue weighted by Crippen LogP contribution is 2.32. The summed E-state index contributed by atoms with van der Waals surface area (Å²) in [6.07, 6.45) is 4.47. The molecule has 1 heterocycles. The van der Waals surface area contributed by atoms with Crippen LogP contribution in [-0.4, -0.2) is 23.9 Å². The lowest BCUT2D eigenvalue weighted by molar-refractivity contribution is 0.480. The molecule has 0 bridgehead atoms. The minimum Gasteiger partial charge on any atom is -0.454 e. The normalized spacial score (nSPS) is 12.4. The van der Waals surface area contributed by atoms with Crippen LogP contribution >= 0.6 is 23.2 Å². The third kappa shape index (κ3) is 5.02. The second-order valence-electron chi connectivity index (χ2n) is 5.62. The molecular weight excluding hydrogens is 443 g/mol. The Morgan fingerprint density at radius 2 is 1.75 bits per heavy atom. The third-order valence-electron chi connectivity index (χ3n) is 3.56. The molecule has 6 nitrogen and oxygen atoms in total. The summed E-state index contributed by atoms with van der Waals surface area (Å²) in [6, 6.07) is 11.9. The Kier molecular flexibility index (Phi) is 6.24. The smallest absolute Gasteiger partial charge is 0.261 e. The molecule has 3 aromatic rings. The summed E-state index contributed by atoms with van der Waals surface area (Å²) in [4.78, 5) is 4.50. The van der Waals surface area contributed by atoms with E-state index in [1.54, 1.807) is 6.07 Å². The number of hydrogen-bond donors (Lipinski definition) is 1. The van der Waals surface area contributed by atoms with E-state index in [1.165, 1.54) is 61.1 Å².